The van der Waals surface area contributed by atoms with Crippen LogP contribution in [0.3, 0.4) is 0 Å². The third-order valence-corrected chi connectivity index (χ3v) is 3.08. The third kappa shape index (κ3) is 7.06. The first-order chi connectivity index (χ1) is 9.29. The highest BCUT2D eigenvalue weighted by Crippen LogP contribution is 2.30. The summed E-state index contributed by atoms with van der Waals surface area (Å²) in [4.78, 5) is 0. The van der Waals surface area contributed by atoms with Gasteiger partial charge in [0.1, 0.15) is 12.2 Å². The molecule has 0 aromatic heterocycles. The molecule has 0 unspecified atom stereocenters. The van der Waals surface area contributed by atoms with Gasteiger partial charge in [-0.05, 0) is 37.5 Å². The van der Waals surface area contributed by atoms with Crippen LogP contribution in [0.4, 0.5) is 0 Å². The first-order valence-electron chi connectivity index (χ1n) is 7.22. The smallest absolute Gasteiger partial charge is 0.144 e. The lowest BCUT2D eigenvalue weighted by atomic mass is 10.1. The minimum Gasteiger partial charge on any atom is -0.377 e. The van der Waals surface area contributed by atoms with E-state index in [0.29, 0.717) is 0 Å². The summed E-state index contributed by atoms with van der Waals surface area (Å²) in [6.07, 6.45) is 8.89. The Kier molecular flexibility index (Phi) is 8.07. The second-order valence-corrected chi connectivity index (χ2v) is 4.83. The quantitative estimate of drug-likeness (QED) is 0.315. The first-order valence-corrected chi connectivity index (χ1v) is 7.22. The van der Waals surface area contributed by atoms with Crippen molar-refractivity contribution in [1.29, 1.82) is 0 Å². The van der Waals surface area contributed by atoms with Crippen LogP contribution < -0.4 is 0 Å². The largest absolute Gasteiger partial charge is 0.377 e. The molecule has 1 N–H and O–H groups in total. The van der Waals surface area contributed by atoms with Gasteiger partial charge in [-0.15, -0.1) is 6.58 Å². The summed E-state index contributed by atoms with van der Waals surface area (Å²) in [5, 5.41) is 9.78. The van der Waals surface area contributed by atoms with Crippen molar-refractivity contribution in [3.05, 3.63) is 12.7 Å². The van der Waals surface area contributed by atoms with Crippen molar-refractivity contribution < 1.29 is 9.84 Å². The molecule has 0 aromatic rings. The van der Waals surface area contributed by atoms with Crippen molar-refractivity contribution in [1.82, 2.24) is 0 Å². The summed E-state index contributed by atoms with van der Waals surface area (Å²) in [6.45, 7) is 5.78. The molecule has 19 heavy (non-hydrogen) atoms. The van der Waals surface area contributed by atoms with E-state index in [1.807, 2.05) is 6.08 Å². The normalized spacial score (nSPS) is 21.6. The van der Waals surface area contributed by atoms with E-state index < -0.39 is 6.10 Å². The monoisotopic (exact) mass is 260 g/mol. The van der Waals surface area contributed by atoms with Gasteiger partial charge in [0.05, 0.1) is 6.10 Å². The van der Waals surface area contributed by atoms with Crippen LogP contribution in [0.5, 0.6) is 0 Å². The number of aliphatic hydroxyl groups is 1. The van der Waals surface area contributed by atoms with Crippen LogP contribution >= 0.6 is 0 Å². The zero-order chi connectivity index (χ0) is 13.9. The number of hydrogen-bond donors (Lipinski definition) is 1. The van der Waals surface area contributed by atoms with Gasteiger partial charge in [0.2, 0.25) is 0 Å². The molecule has 2 heteroatoms. The van der Waals surface area contributed by atoms with E-state index in [9.17, 15) is 5.11 Å². The van der Waals surface area contributed by atoms with Crippen LogP contribution in [-0.4, -0.2) is 23.4 Å². The Bertz CT molecular complexity index is 378. The minimum atomic E-state index is -0.686. The van der Waals surface area contributed by atoms with Crippen molar-refractivity contribution in [2.24, 2.45) is 0 Å². The van der Waals surface area contributed by atoms with Crippen LogP contribution in [0.1, 0.15) is 51.9 Å². The predicted molar refractivity (Wildman–Crippen MR) is 78.4 cm³/mol. The maximum absolute atomic E-state index is 9.78. The van der Waals surface area contributed by atoms with Gasteiger partial charge in [-0.1, -0.05) is 37.7 Å². The second-order valence-electron chi connectivity index (χ2n) is 4.83. The van der Waals surface area contributed by atoms with Gasteiger partial charge in [0, 0.05) is 6.42 Å². The van der Waals surface area contributed by atoms with Gasteiger partial charge >= 0.3 is 0 Å². The zero-order valence-corrected chi connectivity index (χ0v) is 11.8. The van der Waals surface area contributed by atoms with E-state index in [-0.39, 0.29) is 12.2 Å². The third-order valence-electron chi connectivity index (χ3n) is 3.08. The molecule has 0 saturated carbocycles. The number of allylic oxidation sites excluding steroid dienone is 1. The fraction of sp³-hybridized carbons (Fsp3) is 0.647. The molecule has 0 spiro atoms. The molecule has 1 aliphatic rings. The topological polar surface area (TPSA) is 32.8 Å². The van der Waals surface area contributed by atoms with E-state index in [0.717, 1.165) is 32.1 Å². The molecule has 0 radical (unpaired) electrons. The van der Waals surface area contributed by atoms with Gasteiger partial charge in [-0.25, -0.2) is 0 Å². The molecule has 104 valence electrons. The van der Waals surface area contributed by atoms with Crippen molar-refractivity contribution in [2.45, 2.75) is 70.2 Å². The van der Waals surface area contributed by atoms with E-state index in [1.165, 1.54) is 12.8 Å². The molecule has 0 amide bonds. The van der Waals surface area contributed by atoms with Gasteiger partial charge in [-0.3, -0.25) is 0 Å². The lowest BCUT2D eigenvalue weighted by Gasteiger charge is -1.98. The van der Waals surface area contributed by atoms with Gasteiger partial charge < -0.3 is 9.84 Å². The highest BCUT2D eigenvalue weighted by atomic mass is 16.6. The minimum absolute atomic E-state index is 0.0973. The van der Waals surface area contributed by atoms with Crippen molar-refractivity contribution >= 4 is 0 Å². The Balaban J connectivity index is 2.11. The molecule has 1 aliphatic heterocycles. The lowest BCUT2D eigenvalue weighted by Crippen LogP contribution is -2.14. The molecular formula is C17H24O2. The number of unbranched alkanes of at least 4 members (excludes halogenated alkanes) is 4. The van der Waals surface area contributed by atoms with Crippen LogP contribution in [0.25, 0.3) is 0 Å². The van der Waals surface area contributed by atoms with Crippen LogP contribution in [0, 0.1) is 23.7 Å². The number of aliphatic hydroxyl groups excluding tert-OH is 1. The molecule has 3 atom stereocenters. The molecule has 2 nitrogen and oxygen atoms in total. The zero-order valence-electron chi connectivity index (χ0n) is 11.8. The van der Waals surface area contributed by atoms with Crippen LogP contribution in [0.2, 0.25) is 0 Å². The summed E-state index contributed by atoms with van der Waals surface area (Å²) >= 11 is 0. The van der Waals surface area contributed by atoms with E-state index in [1.54, 1.807) is 0 Å². The molecule has 0 aromatic carbocycles. The number of hydrogen-bond acceptors (Lipinski definition) is 2. The molecule has 1 rings (SSSR count). The maximum atomic E-state index is 9.78. The second kappa shape index (κ2) is 9.68. The number of rotatable bonds is 8. The fourth-order valence-corrected chi connectivity index (χ4v) is 1.90. The summed E-state index contributed by atoms with van der Waals surface area (Å²) in [6, 6.07) is 0. The standard InChI is InChI=1S/C17H24O2/c1-3-5-7-9-11-13-15(18)17-16(19-17)14-12-10-8-6-4-2/h4,15-18H,2-3,5-6,8,10,12,14H2,1H3/t15-,16-,17+/m1/s1. The molecule has 0 bridgehead atoms. The molecule has 0 aliphatic carbocycles. The summed E-state index contributed by atoms with van der Waals surface area (Å²) in [7, 11) is 0. The Morgan fingerprint density at radius 3 is 2.89 bits per heavy atom. The lowest BCUT2D eigenvalue weighted by molar-refractivity contribution is 0.185. The van der Waals surface area contributed by atoms with Crippen molar-refractivity contribution in [3.8, 4) is 23.7 Å². The van der Waals surface area contributed by atoms with E-state index in [4.69, 9.17) is 4.74 Å². The Morgan fingerprint density at radius 2 is 2.16 bits per heavy atom. The van der Waals surface area contributed by atoms with Crippen LogP contribution in [-0.2, 0) is 4.74 Å². The van der Waals surface area contributed by atoms with Crippen molar-refractivity contribution in [3.63, 3.8) is 0 Å². The highest BCUT2D eigenvalue weighted by molar-refractivity contribution is 5.28. The molecule has 1 saturated heterocycles. The molecular weight excluding hydrogens is 236 g/mol. The Hall–Kier alpha value is -1.22. The number of ether oxygens (including phenoxy) is 1. The molecule has 1 fully saturated rings. The maximum Gasteiger partial charge on any atom is 0.144 e. The first kappa shape index (κ1) is 15.8. The summed E-state index contributed by atoms with van der Waals surface area (Å²) in [5.74, 6) is 11.1. The predicted octanol–water partition coefficient (Wildman–Crippen LogP) is 3.06. The fourth-order valence-electron chi connectivity index (χ4n) is 1.90. The van der Waals surface area contributed by atoms with Crippen LogP contribution in [0.15, 0.2) is 12.7 Å². The van der Waals surface area contributed by atoms with Gasteiger partial charge in [0.25, 0.3) is 0 Å². The van der Waals surface area contributed by atoms with E-state index >= 15 is 0 Å². The number of epoxide rings is 1. The average molecular weight is 260 g/mol. The Labute approximate surface area is 117 Å². The summed E-state index contributed by atoms with van der Waals surface area (Å²) < 4.78 is 5.44. The molecule has 1 heterocycles. The highest BCUT2D eigenvalue weighted by Gasteiger charge is 2.42. The van der Waals surface area contributed by atoms with Gasteiger partial charge in [0.15, 0.2) is 0 Å². The average Bonchev–Trinajstić information content (AvgIpc) is 3.18. The van der Waals surface area contributed by atoms with Gasteiger partial charge in [-0.2, -0.15) is 0 Å². The van der Waals surface area contributed by atoms with E-state index in [2.05, 4.69) is 37.2 Å². The van der Waals surface area contributed by atoms with Crippen molar-refractivity contribution in [2.75, 3.05) is 0 Å². The SMILES string of the molecule is C=CCCCCC[C@H]1O[C@H]1[C@H](O)C#CC#CCCC. The Morgan fingerprint density at radius 1 is 1.32 bits per heavy atom. The summed E-state index contributed by atoms with van der Waals surface area (Å²) in [5.41, 5.74) is 0.